The zero-order valence-electron chi connectivity index (χ0n) is 12.0. The standard InChI is InChI=1S/C15H16N2O5/c1-3-8-16-13(18)10-22-14(19)9-17-15(20)11-6-4-5-7-12(11)21-2/h1,4-7H,8-10H2,2H3,(H,16,18)(H,17,20). The molecule has 0 atom stereocenters. The SMILES string of the molecule is C#CCNC(=O)COC(=O)CNC(=O)c1ccccc1OC. The maximum Gasteiger partial charge on any atom is 0.325 e. The number of terminal acetylenes is 1. The molecule has 2 amide bonds. The number of methoxy groups -OCH3 is 1. The van der Waals surface area contributed by atoms with Crippen LogP contribution in [0.3, 0.4) is 0 Å². The zero-order valence-corrected chi connectivity index (χ0v) is 12.0. The summed E-state index contributed by atoms with van der Waals surface area (Å²) in [7, 11) is 1.44. The fourth-order valence-corrected chi connectivity index (χ4v) is 1.48. The Labute approximate surface area is 128 Å². The molecule has 1 aromatic rings. The van der Waals surface area contributed by atoms with Crippen LogP contribution in [0.25, 0.3) is 0 Å². The highest BCUT2D eigenvalue weighted by molar-refractivity contribution is 5.98. The predicted molar refractivity (Wildman–Crippen MR) is 78.1 cm³/mol. The van der Waals surface area contributed by atoms with Crippen LogP contribution in [-0.4, -0.2) is 44.6 Å². The lowest BCUT2D eigenvalue weighted by molar-refractivity contribution is -0.147. The molecule has 0 aliphatic rings. The van der Waals surface area contributed by atoms with Gasteiger partial charge in [-0.05, 0) is 12.1 Å². The molecule has 0 aliphatic carbocycles. The van der Waals surface area contributed by atoms with Gasteiger partial charge in [0.1, 0.15) is 12.3 Å². The minimum absolute atomic E-state index is 0.0565. The van der Waals surface area contributed by atoms with Crippen molar-refractivity contribution in [1.82, 2.24) is 10.6 Å². The van der Waals surface area contributed by atoms with Crippen molar-refractivity contribution in [2.45, 2.75) is 0 Å². The minimum Gasteiger partial charge on any atom is -0.496 e. The van der Waals surface area contributed by atoms with E-state index in [1.165, 1.54) is 7.11 Å². The number of esters is 1. The zero-order chi connectivity index (χ0) is 16.4. The molecule has 0 radical (unpaired) electrons. The quantitative estimate of drug-likeness (QED) is 0.534. The number of benzene rings is 1. The molecular weight excluding hydrogens is 288 g/mol. The predicted octanol–water partition coefficient (Wildman–Crippen LogP) is -0.282. The highest BCUT2D eigenvalue weighted by Crippen LogP contribution is 2.16. The second-order valence-electron chi connectivity index (χ2n) is 4.02. The molecule has 0 saturated carbocycles. The number of carbonyl (C=O) groups excluding carboxylic acids is 3. The molecular formula is C15H16N2O5. The van der Waals surface area contributed by atoms with Gasteiger partial charge >= 0.3 is 5.97 Å². The summed E-state index contributed by atoms with van der Waals surface area (Å²) in [6.45, 7) is -0.759. The van der Waals surface area contributed by atoms with Gasteiger partial charge in [-0.3, -0.25) is 14.4 Å². The summed E-state index contributed by atoms with van der Waals surface area (Å²) >= 11 is 0. The number of amides is 2. The molecule has 0 unspecified atom stereocenters. The van der Waals surface area contributed by atoms with Gasteiger partial charge in [0.25, 0.3) is 11.8 Å². The Bertz CT molecular complexity index is 592. The summed E-state index contributed by atoms with van der Waals surface area (Å²) in [6, 6.07) is 6.58. The summed E-state index contributed by atoms with van der Waals surface area (Å²) in [4.78, 5) is 34.5. The van der Waals surface area contributed by atoms with E-state index in [1.807, 2.05) is 0 Å². The maximum atomic E-state index is 11.9. The van der Waals surface area contributed by atoms with Gasteiger partial charge in [0.2, 0.25) is 0 Å². The lowest BCUT2D eigenvalue weighted by atomic mass is 10.2. The molecule has 116 valence electrons. The van der Waals surface area contributed by atoms with E-state index >= 15 is 0 Å². The van der Waals surface area contributed by atoms with Crippen molar-refractivity contribution in [2.75, 3.05) is 26.8 Å². The topological polar surface area (TPSA) is 93.7 Å². The van der Waals surface area contributed by atoms with E-state index in [4.69, 9.17) is 11.2 Å². The van der Waals surface area contributed by atoms with Crippen molar-refractivity contribution in [3.05, 3.63) is 29.8 Å². The van der Waals surface area contributed by atoms with E-state index in [-0.39, 0.29) is 13.1 Å². The van der Waals surface area contributed by atoms with Crippen LogP contribution in [-0.2, 0) is 14.3 Å². The van der Waals surface area contributed by atoms with Crippen LogP contribution in [0.5, 0.6) is 5.75 Å². The molecule has 1 rings (SSSR count). The van der Waals surface area contributed by atoms with Crippen molar-refractivity contribution in [3.63, 3.8) is 0 Å². The van der Waals surface area contributed by atoms with Crippen molar-refractivity contribution in [3.8, 4) is 18.1 Å². The number of rotatable bonds is 7. The van der Waals surface area contributed by atoms with Crippen molar-refractivity contribution in [1.29, 1.82) is 0 Å². The Balaban J connectivity index is 2.39. The van der Waals surface area contributed by atoms with Gasteiger partial charge in [0, 0.05) is 0 Å². The molecule has 7 nitrogen and oxygen atoms in total. The summed E-state index contributed by atoms with van der Waals surface area (Å²) in [5, 5.41) is 4.72. The third kappa shape index (κ3) is 5.54. The van der Waals surface area contributed by atoms with Crippen molar-refractivity contribution >= 4 is 17.8 Å². The van der Waals surface area contributed by atoms with Crippen LogP contribution < -0.4 is 15.4 Å². The molecule has 0 aromatic heterocycles. The normalized spacial score (nSPS) is 9.27. The number of carbonyl (C=O) groups is 3. The average molecular weight is 304 g/mol. The summed E-state index contributed by atoms with van der Waals surface area (Å²) in [5.74, 6) is 0.876. The third-order valence-electron chi connectivity index (χ3n) is 2.50. The first-order valence-electron chi connectivity index (χ1n) is 6.35. The van der Waals surface area contributed by atoms with E-state index in [2.05, 4.69) is 21.3 Å². The van der Waals surface area contributed by atoms with Crippen LogP contribution >= 0.6 is 0 Å². The average Bonchev–Trinajstić information content (AvgIpc) is 2.55. The van der Waals surface area contributed by atoms with Gasteiger partial charge in [0.05, 0.1) is 19.2 Å². The lowest BCUT2D eigenvalue weighted by Gasteiger charge is -2.09. The monoisotopic (exact) mass is 304 g/mol. The molecule has 0 heterocycles. The van der Waals surface area contributed by atoms with Crippen LogP contribution in [0.2, 0.25) is 0 Å². The van der Waals surface area contributed by atoms with Gasteiger partial charge in [0.15, 0.2) is 6.61 Å². The molecule has 0 spiro atoms. The fraction of sp³-hybridized carbons (Fsp3) is 0.267. The molecule has 0 bridgehead atoms. The Morgan fingerprint density at radius 3 is 2.64 bits per heavy atom. The number of ether oxygens (including phenoxy) is 2. The van der Waals surface area contributed by atoms with Gasteiger partial charge in [-0.15, -0.1) is 6.42 Å². The first-order chi connectivity index (χ1) is 10.6. The lowest BCUT2D eigenvalue weighted by Crippen LogP contribution is -2.34. The van der Waals surface area contributed by atoms with Crippen molar-refractivity contribution in [2.24, 2.45) is 0 Å². The van der Waals surface area contributed by atoms with E-state index < -0.39 is 24.4 Å². The molecule has 0 saturated heterocycles. The van der Waals surface area contributed by atoms with E-state index in [0.717, 1.165) is 0 Å². The first kappa shape index (κ1) is 17.0. The Morgan fingerprint density at radius 1 is 1.23 bits per heavy atom. The second kappa shape index (κ2) is 9.02. The number of nitrogens with one attached hydrogen (secondary N) is 2. The Morgan fingerprint density at radius 2 is 1.95 bits per heavy atom. The second-order valence-corrected chi connectivity index (χ2v) is 4.02. The molecule has 0 aliphatic heterocycles. The molecule has 22 heavy (non-hydrogen) atoms. The molecule has 2 N–H and O–H groups in total. The maximum absolute atomic E-state index is 11.9. The summed E-state index contributed by atoms with van der Waals surface area (Å²) < 4.78 is 9.72. The highest BCUT2D eigenvalue weighted by Gasteiger charge is 2.13. The van der Waals surface area contributed by atoms with Crippen molar-refractivity contribution < 1.29 is 23.9 Å². The molecule has 7 heteroatoms. The number of hydrogen-bond acceptors (Lipinski definition) is 5. The van der Waals surface area contributed by atoms with Gasteiger partial charge in [-0.25, -0.2) is 0 Å². The summed E-state index contributed by atoms with van der Waals surface area (Å²) in [6.07, 6.45) is 4.96. The summed E-state index contributed by atoms with van der Waals surface area (Å²) in [5.41, 5.74) is 0.296. The molecule has 1 aromatic carbocycles. The van der Waals surface area contributed by atoms with Gasteiger partial charge in [-0.1, -0.05) is 18.1 Å². The van der Waals surface area contributed by atoms with E-state index in [9.17, 15) is 14.4 Å². The minimum atomic E-state index is -0.737. The van der Waals surface area contributed by atoms with E-state index in [1.54, 1.807) is 24.3 Å². The van der Waals surface area contributed by atoms with Crippen LogP contribution in [0.4, 0.5) is 0 Å². The number of hydrogen-bond donors (Lipinski definition) is 2. The van der Waals surface area contributed by atoms with Crippen LogP contribution in [0.1, 0.15) is 10.4 Å². The Kier molecular flexibility index (Phi) is 6.99. The van der Waals surface area contributed by atoms with E-state index in [0.29, 0.717) is 11.3 Å². The number of para-hydroxylation sites is 1. The van der Waals surface area contributed by atoms with Gasteiger partial charge in [-0.2, -0.15) is 0 Å². The van der Waals surface area contributed by atoms with Crippen LogP contribution in [0, 0.1) is 12.3 Å². The highest BCUT2D eigenvalue weighted by atomic mass is 16.5. The largest absolute Gasteiger partial charge is 0.496 e. The Hall–Kier alpha value is -3.01. The fourth-order valence-electron chi connectivity index (χ4n) is 1.48. The van der Waals surface area contributed by atoms with Gasteiger partial charge < -0.3 is 20.1 Å². The first-order valence-corrected chi connectivity index (χ1v) is 6.35. The third-order valence-corrected chi connectivity index (χ3v) is 2.50. The molecule has 0 fully saturated rings. The smallest absolute Gasteiger partial charge is 0.325 e. The van der Waals surface area contributed by atoms with Crippen LogP contribution in [0.15, 0.2) is 24.3 Å².